The van der Waals surface area contributed by atoms with Crippen LogP contribution in [0.5, 0.6) is 0 Å². The average Bonchev–Trinajstić information content (AvgIpc) is 2.23. The summed E-state index contributed by atoms with van der Waals surface area (Å²) >= 11 is 0. The number of aliphatic hydroxyl groups is 1. The van der Waals surface area contributed by atoms with Gasteiger partial charge in [0, 0.05) is 6.54 Å². The topological polar surface area (TPSA) is 66.6 Å². The molecule has 0 radical (unpaired) electrons. The van der Waals surface area contributed by atoms with E-state index >= 15 is 0 Å². The standard InChI is InChI=1S/C10H19F3N2O2/c1-3-7(2)8(14)9(17)15(4-5-16)6-10(11,12)13/h7-8,16H,3-6,14H2,1-2H3/t7-,8-/m0/s1. The number of hydrogen-bond donors (Lipinski definition) is 2. The van der Waals surface area contributed by atoms with Crippen molar-refractivity contribution in [3.05, 3.63) is 0 Å². The van der Waals surface area contributed by atoms with Gasteiger partial charge in [-0.3, -0.25) is 4.79 Å². The van der Waals surface area contributed by atoms with E-state index in [1.165, 1.54) is 0 Å². The molecule has 0 aliphatic carbocycles. The molecule has 4 nitrogen and oxygen atoms in total. The number of halogens is 3. The van der Waals surface area contributed by atoms with Crippen molar-refractivity contribution in [2.24, 2.45) is 11.7 Å². The number of hydrogen-bond acceptors (Lipinski definition) is 3. The molecule has 0 aromatic carbocycles. The van der Waals surface area contributed by atoms with Crippen LogP contribution in [0.15, 0.2) is 0 Å². The van der Waals surface area contributed by atoms with Crippen LogP contribution >= 0.6 is 0 Å². The normalized spacial score (nSPS) is 15.5. The van der Waals surface area contributed by atoms with E-state index in [9.17, 15) is 18.0 Å². The molecular weight excluding hydrogens is 237 g/mol. The fraction of sp³-hybridized carbons (Fsp3) is 0.900. The number of amides is 1. The third-order valence-corrected chi connectivity index (χ3v) is 2.59. The second-order valence-electron chi connectivity index (χ2n) is 4.01. The maximum absolute atomic E-state index is 12.2. The monoisotopic (exact) mass is 256 g/mol. The Labute approximate surface area is 98.6 Å². The molecule has 0 saturated carbocycles. The quantitative estimate of drug-likeness (QED) is 0.736. The van der Waals surface area contributed by atoms with Gasteiger partial charge >= 0.3 is 6.18 Å². The van der Waals surface area contributed by atoms with E-state index in [4.69, 9.17) is 10.8 Å². The molecule has 7 heteroatoms. The summed E-state index contributed by atoms with van der Waals surface area (Å²) < 4.78 is 36.7. The fourth-order valence-corrected chi connectivity index (χ4v) is 1.31. The van der Waals surface area contributed by atoms with Gasteiger partial charge in [-0.05, 0) is 5.92 Å². The average molecular weight is 256 g/mol. The van der Waals surface area contributed by atoms with Crippen molar-refractivity contribution in [3.63, 3.8) is 0 Å². The van der Waals surface area contributed by atoms with Crippen LogP contribution in [-0.2, 0) is 4.79 Å². The zero-order chi connectivity index (χ0) is 13.6. The van der Waals surface area contributed by atoms with Crippen molar-refractivity contribution >= 4 is 5.91 Å². The van der Waals surface area contributed by atoms with Crippen LogP contribution in [0.1, 0.15) is 20.3 Å². The van der Waals surface area contributed by atoms with Gasteiger partial charge in [0.1, 0.15) is 6.54 Å². The van der Waals surface area contributed by atoms with E-state index in [1.54, 1.807) is 13.8 Å². The van der Waals surface area contributed by atoms with Crippen molar-refractivity contribution in [2.45, 2.75) is 32.5 Å². The van der Waals surface area contributed by atoms with Gasteiger partial charge in [-0.15, -0.1) is 0 Å². The predicted octanol–water partition coefficient (Wildman–Crippen LogP) is 0.743. The highest BCUT2D eigenvalue weighted by molar-refractivity contribution is 5.82. The van der Waals surface area contributed by atoms with Crippen LogP contribution in [0.4, 0.5) is 13.2 Å². The number of carbonyl (C=O) groups excluding carboxylic acids is 1. The first-order valence-electron chi connectivity index (χ1n) is 5.44. The van der Waals surface area contributed by atoms with Crippen molar-refractivity contribution in [2.75, 3.05) is 19.7 Å². The van der Waals surface area contributed by atoms with Gasteiger partial charge in [-0.1, -0.05) is 20.3 Å². The minimum atomic E-state index is -4.49. The molecule has 3 N–H and O–H groups in total. The number of aliphatic hydroxyl groups excluding tert-OH is 1. The summed E-state index contributed by atoms with van der Waals surface area (Å²) in [5, 5.41) is 8.66. The third-order valence-electron chi connectivity index (χ3n) is 2.59. The second kappa shape index (κ2) is 6.80. The van der Waals surface area contributed by atoms with Crippen molar-refractivity contribution in [3.8, 4) is 0 Å². The number of carbonyl (C=O) groups is 1. The first-order chi connectivity index (χ1) is 7.72. The van der Waals surface area contributed by atoms with Crippen LogP contribution in [0.2, 0.25) is 0 Å². The van der Waals surface area contributed by atoms with E-state index in [2.05, 4.69) is 0 Å². The number of alkyl halides is 3. The predicted molar refractivity (Wildman–Crippen MR) is 57.2 cm³/mol. The minimum absolute atomic E-state index is 0.197. The molecular formula is C10H19F3N2O2. The third kappa shape index (κ3) is 5.88. The van der Waals surface area contributed by atoms with Gasteiger partial charge in [0.15, 0.2) is 0 Å². The van der Waals surface area contributed by atoms with Gasteiger partial charge in [0.2, 0.25) is 5.91 Å². The molecule has 2 atom stereocenters. The summed E-state index contributed by atoms with van der Waals surface area (Å²) in [4.78, 5) is 12.3. The molecule has 0 saturated heterocycles. The summed E-state index contributed by atoms with van der Waals surface area (Å²) in [5.74, 6) is -0.970. The highest BCUT2D eigenvalue weighted by Crippen LogP contribution is 2.18. The molecule has 0 rings (SSSR count). The largest absolute Gasteiger partial charge is 0.406 e. The molecule has 0 bridgehead atoms. The molecule has 1 amide bonds. The van der Waals surface area contributed by atoms with E-state index in [-0.39, 0.29) is 12.5 Å². The molecule has 0 aromatic heterocycles. The lowest BCUT2D eigenvalue weighted by molar-refractivity contribution is -0.163. The molecule has 0 aromatic rings. The lowest BCUT2D eigenvalue weighted by Gasteiger charge is -2.28. The second-order valence-corrected chi connectivity index (χ2v) is 4.01. The van der Waals surface area contributed by atoms with Crippen LogP contribution in [0, 0.1) is 5.92 Å². The molecule has 0 unspecified atom stereocenters. The Morgan fingerprint density at radius 2 is 2.00 bits per heavy atom. The Balaban J connectivity index is 4.64. The Kier molecular flexibility index (Phi) is 6.48. The minimum Gasteiger partial charge on any atom is -0.395 e. The Bertz CT molecular complexity index is 246. The van der Waals surface area contributed by atoms with Gasteiger partial charge in [0.25, 0.3) is 0 Å². The summed E-state index contributed by atoms with van der Waals surface area (Å²) in [6.07, 6.45) is -3.88. The van der Waals surface area contributed by atoms with Gasteiger partial charge in [-0.2, -0.15) is 13.2 Å². The first-order valence-corrected chi connectivity index (χ1v) is 5.44. The van der Waals surface area contributed by atoms with Crippen LogP contribution in [0.25, 0.3) is 0 Å². The maximum Gasteiger partial charge on any atom is 0.406 e. The van der Waals surface area contributed by atoms with Gasteiger partial charge in [0.05, 0.1) is 12.6 Å². The first kappa shape index (κ1) is 16.2. The summed E-state index contributed by atoms with van der Waals surface area (Å²) in [5.41, 5.74) is 5.58. The van der Waals surface area contributed by atoms with E-state index in [0.29, 0.717) is 11.3 Å². The summed E-state index contributed by atoms with van der Waals surface area (Å²) in [6.45, 7) is 1.25. The SMILES string of the molecule is CC[C@H](C)[C@H](N)C(=O)N(CCO)CC(F)(F)F. The molecule has 0 aliphatic heterocycles. The summed E-state index contributed by atoms with van der Waals surface area (Å²) in [7, 11) is 0. The maximum atomic E-state index is 12.2. The lowest BCUT2D eigenvalue weighted by Crippen LogP contribution is -2.50. The zero-order valence-corrected chi connectivity index (χ0v) is 10.00. The van der Waals surface area contributed by atoms with Crippen LogP contribution in [0.3, 0.4) is 0 Å². The van der Waals surface area contributed by atoms with Crippen molar-refractivity contribution in [1.29, 1.82) is 0 Å². The number of nitrogens with two attached hydrogens (primary N) is 1. The van der Waals surface area contributed by atoms with E-state index in [1.807, 2.05) is 0 Å². The molecule has 102 valence electrons. The Morgan fingerprint density at radius 1 is 1.47 bits per heavy atom. The van der Waals surface area contributed by atoms with Crippen molar-refractivity contribution < 1.29 is 23.1 Å². The molecule has 0 fully saturated rings. The fourth-order valence-electron chi connectivity index (χ4n) is 1.31. The zero-order valence-electron chi connectivity index (χ0n) is 10.00. The Hall–Kier alpha value is -0.820. The van der Waals surface area contributed by atoms with E-state index < -0.39 is 31.3 Å². The number of rotatable bonds is 6. The van der Waals surface area contributed by atoms with Gasteiger partial charge < -0.3 is 15.7 Å². The highest BCUT2D eigenvalue weighted by Gasteiger charge is 2.35. The smallest absolute Gasteiger partial charge is 0.395 e. The molecule has 0 spiro atoms. The van der Waals surface area contributed by atoms with Crippen LogP contribution in [-0.4, -0.2) is 47.8 Å². The molecule has 0 heterocycles. The molecule has 0 aliphatic rings. The van der Waals surface area contributed by atoms with Crippen LogP contribution < -0.4 is 5.73 Å². The van der Waals surface area contributed by atoms with E-state index in [0.717, 1.165) is 0 Å². The Morgan fingerprint density at radius 3 is 2.35 bits per heavy atom. The lowest BCUT2D eigenvalue weighted by atomic mass is 9.99. The van der Waals surface area contributed by atoms with Crippen molar-refractivity contribution in [1.82, 2.24) is 4.90 Å². The van der Waals surface area contributed by atoms with Gasteiger partial charge in [-0.25, -0.2) is 0 Å². The summed E-state index contributed by atoms with van der Waals surface area (Å²) in [6, 6.07) is -0.964. The highest BCUT2D eigenvalue weighted by atomic mass is 19.4. The molecule has 17 heavy (non-hydrogen) atoms. The number of nitrogens with zero attached hydrogens (tertiary/aromatic N) is 1.